The predicted molar refractivity (Wildman–Crippen MR) is 92.9 cm³/mol. The number of nitriles is 1. The molecule has 7 heteroatoms. The molecule has 0 amide bonds. The van der Waals surface area contributed by atoms with Crippen molar-refractivity contribution in [1.82, 2.24) is 0 Å². The minimum absolute atomic E-state index is 0.0428. The van der Waals surface area contributed by atoms with Crippen LogP contribution in [0.4, 0.5) is 8.78 Å². The Balaban J connectivity index is 1.94. The van der Waals surface area contributed by atoms with Gasteiger partial charge in [0.2, 0.25) is 0 Å². The normalized spacial score (nSPS) is 28.1. The second-order valence-electron chi connectivity index (χ2n) is 7.52. The number of benzene rings is 1. The molecule has 0 aliphatic heterocycles. The zero-order valence-corrected chi connectivity index (χ0v) is 15.5. The maximum atomic E-state index is 12.7. The fraction of sp³-hybridized carbons (Fsp3) is 0.600. The number of halogens is 2. The molecular formula is C20H23F2NO4. The van der Waals surface area contributed by atoms with E-state index in [0.29, 0.717) is 24.5 Å². The van der Waals surface area contributed by atoms with Gasteiger partial charge in [0.05, 0.1) is 18.1 Å². The number of ether oxygens (including phenoxy) is 3. The van der Waals surface area contributed by atoms with Crippen LogP contribution in [0.3, 0.4) is 0 Å². The Labute approximate surface area is 157 Å². The van der Waals surface area contributed by atoms with Crippen molar-refractivity contribution in [3.63, 3.8) is 0 Å². The van der Waals surface area contributed by atoms with E-state index in [1.54, 1.807) is 19.1 Å². The number of alkyl halides is 2. The molecular weight excluding hydrogens is 356 g/mol. The highest BCUT2D eigenvalue weighted by Crippen LogP contribution is 2.45. The number of carbonyl (C=O) groups excluding carboxylic acids is 1. The van der Waals surface area contributed by atoms with Crippen molar-refractivity contribution >= 4 is 5.78 Å². The molecule has 1 aromatic rings. The lowest BCUT2D eigenvalue weighted by Crippen LogP contribution is -2.49. The summed E-state index contributed by atoms with van der Waals surface area (Å²) in [6.07, 6.45) is 2.87. The van der Waals surface area contributed by atoms with Crippen molar-refractivity contribution in [2.45, 2.75) is 56.7 Å². The highest BCUT2D eigenvalue weighted by atomic mass is 19.3. The van der Waals surface area contributed by atoms with Crippen molar-refractivity contribution in [2.75, 3.05) is 13.7 Å². The Hall–Kier alpha value is -2.20. The van der Waals surface area contributed by atoms with Crippen LogP contribution < -0.4 is 9.47 Å². The van der Waals surface area contributed by atoms with Crippen LogP contribution in [-0.2, 0) is 14.9 Å². The number of methoxy groups -OCH3 is 1. The summed E-state index contributed by atoms with van der Waals surface area (Å²) in [6, 6.07) is 6.92. The van der Waals surface area contributed by atoms with Gasteiger partial charge in [-0.05, 0) is 49.8 Å². The molecule has 146 valence electrons. The van der Waals surface area contributed by atoms with Crippen molar-refractivity contribution in [1.29, 1.82) is 5.26 Å². The number of carbonyl (C=O) groups is 1. The van der Waals surface area contributed by atoms with Gasteiger partial charge in [0.15, 0.2) is 17.3 Å². The van der Waals surface area contributed by atoms with E-state index < -0.39 is 17.6 Å². The van der Waals surface area contributed by atoms with Gasteiger partial charge in [0, 0.05) is 20.0 Å². The fourth-order valence-corrected chi connectivity index (χ4v) is 3.55. The second-order valence-corrected chi connectivity index (χ2v) is 7.52. The molecule has 2 saturated carbocycles. The topological polar surface area (TPSA) is 68.6 Å². The van der Waals surface area contributed by atoms with Crippen molar-refractivity contribution < 1.29 is 27.8 Å². The van der Waals surface area contributed by atoms with Crippen LogP contribution in [0.15, 0.2) is 18.2 Å². The highest BCUT2D eigenvalue weighted by molar-refractivity contribution is 5.88. The van der Waals surface area contributed by atoms with Gasteiger partial charge in [-0.15, -0.1) is 0 Å². The van der Waals surface area contributed by atoms with E-state index in [0.717, 1.165) is 12.8 Å². The van der Waals surface area contributed by atoms with Gasteiger partial charge in [-0.2, -0.15) is 14.0 Å². The molecule has 2 aliphatic rings. The molecule has 0 aromatic heterocycles. The van der Waals surface area contributed by atoms with E-state index in [1.807, 2.05) is 0 Å². The van der Waals surface area contributed by atoms with Gasteiger partial charge in [0.1, 0.15) is 5.60 Å². The number of Topliss-reactive ketones (excluding diaryl/α,β-unsaturated/α-hetero) is 1. The van der Waals surface area contributed by atoms with E-state index in [1.165, 1.54) is 13.2 Å². The second kappa shape index (κ2) is 7.43. The average molecular weight is 379 g/mol. The van der Waals surface area contributed by atoms with Crippen LogP contribution in [0, 0.1) is 17.2 Å². The molecule has 2 fully saturated rings. The minimum atomic E-state index is -2.96. The highest BCUT2D eigenvalue weighted by Gasteiger charge is 2.49. The first-order valence-corrected chi connectivity index (χ1v) is 9.04. The van der Waals surface area contributed by atoms with E-state index in [9.17, 15) is 18.8 Å². The zero-order valence-electron chi connectivity index (χ0n) is 15.5. The molecule has 0 radical (unpaired) electrons. The third-order valence-electron chi connectivity index (χ3n) is 5.56. The predicted octanol–water partition coefficient (Wildman–Crippen LogP) is 4.00. The lowest BCUT2D eigenvalue weighted by atomic mass is 9.65. The number of rotatable bonds is 7. The van der Waals surface area contributed by atoms with Crippen molar-refractivity contribution in [3.05, 3.63) is 23.8 Å². The van der Waals surface area contributed by atoms with Crippen LogP contribution in [-0.4, -0.2) is 31.7 Å². The largest absolute Gasteiger partial charge is 0.489 e. The van der Waals surface area contributed by atoms with Crippen molar-refractivity contribution in [2.24, 2.45) is 5.92 Å². The van der Waals surface area contributed by atoms with Crippen LogP contribution in [0.2, 0.25) is 0 Å². The summed E-state index contributed by atoms with van der Waals surface area (Å²) in [5.41, 5.74) is -1.39. The summed E-state index contributed by atoms with van der Waals surface area (Å²) >= 11 is 0. The van der Waals surface area contributed by atoms with Crippen LogP contribution >= 0.6 is 0 Å². The van der Waals surface area contributed by atoms with Crippen LogP contribution in [0.25, 0.3) is 0 Å². The Morgan fingerprint density at radius 1 is 1.33 bits per heavy atom. The molecule has 0 heterocycles. The van der Waals surface area contributed by atoms with Gasteiger partial charge in [-0.3, -0.25) is 4.79 Å². The Morgan fingerprint density at radius 3 is 2.67 bits per heavy atom. The van der Waals surface area contributed by atoms with Crippen LogP contribution in [0.1, 0.15) is 44.6 Å². The molecule has 0 bridgehead atoms. The summed E-state index contributed by atoms with van der Waals surface area (Å²) in [7, 11) is 1.45. The summed E-state index contributed by atoms with van der Waals surface area (Å²) in [5, 5.41) is 9.93. The molecule has 27 heavy (non-hydrogen) atoms. The fourth-order valence-electron chi connectivity index (χ4n) is 3.55. The maximum Gasteiger partial charge on any atom is 0.387 e. The molecule has 0 saturated heterocycles. The third kappa shape index (κ3) is 4.06. The standard InChI is InChI=1S/C20H23F2NO4/c1-19(25-2)11-20(12-23,8-7-17(19)24)14-5-6-15(27-18(21)22)16(9-14)26-10-13-3-4-13/h5-6,9,13,18H,3-4,7-8,10-11H2,1-2H3. The van der Waals surface area contributed by atoms with Gasteiger partial charge in [0.25, 0.3) is 0 Å². The van der Waals surface area contributed by atoms with Gasteiger partial charge in [-0.25, -0.2) is 0 Å². The number of nitrogens with zero attached hydrogens (tertiary/aromatic N) is 1. The Bertz CT molecular complexity index is 759. The number of hydrogen-bond donors (Lipinski definition) is 0. The SMILES string of the molecule is COC1(C)CC(C#N)(c2ccc(OC(F)F)c(OCC3CC3)c2)CCC1=O. The van der Waals surface area contributed by atoms with Gasteiger partial charge >= 0.3 is 6.61 Å². The summed E-state index contributed by atoms with van der Waals surface area (Å²) < 4.78 is 41.1. The molecule has 2 atom stereocenters. The monoisotopic (exact) mass is 379 g/mol. The Morgan fingerprint density at radius 2 is 2.07 bits per heavy atom. The minimum Gasteiger partial charge on any atom is -0.489 e. The number of hydrogen-bond acceptors (Lipinski definition) is 5. The summed E-state index contributed by atoms with van der Waals surface area (Å²) in [4.78, 5) is 12.2. The first-order valence-electron chi connectivity index (χ1n) is 9.04. The molecule has 5 nitrogen and oxygen atoms in total. The number of ketones is 1. The lowest BCUT2D eigenvalue weighted by Gasteiger charge is -2.41. The van der Waals surface area contributed by atoms with E-state index >= 15 is 0 Å². The van der Waals surface area contributed by atoms with Gasteiger partial charge < -0.3 is 14.2 Å². The molecule has 2 aliphatic carbocycles. The Kier molecular flexibility index (Phi) is 5.38. The maximum absolute atomic E-state index is 12.7. The van der Waals surface area contributed by atoms with E-state index in [2.05, 4.69) is 10.8 Å². The molecule has 3 rings (SSSR count). The zero-order chi connectivity index (χ0) is 19.7. The molecule has 2 unspecified atom stereocenters. The molecule has 0 spiro atoms. The smallest absolute Gasteiger partial charge is 0.387 e. The lowest BCUT2D eigenvalue weighted by molar-refractivity contribution is -0.145. The summed E-state index contributed by atoms with van der Waals surface area (Å²) in [6.45, 7) is -0.857. The van der Waals surface area contributed by atoms with E-state index in [-0.39, 0.29) is 30.1 Å². The average Bonchev–Trinajstić information content (AvgIpc) is 3.47. The first kappa shape index (κ1) is 19.6. The summed E-state index contributed by atoms with van der Waals surface area (Å²) in [5.74, 6) is 0.537. The quantitative estimate of drug-likeness (QED) is 0.716. The molecule has 0 N–H and O–H groups in total. The third-order valence-corrected chi connectivity index (χ3v) is 5.56. The van der Waals surface area contributed by atoms with Gasteiger partial charge in [-0.1, -0.05) is 6.07 Å². The van der Waals surface area contributed by atoms with Crippen molar-refractivity contribution in [3.8, 4) is 17.6 Å². The first-order chi connectivity index (χ1) is 12.8. The van der Waals surface area contributed by atoms with Crippen LogP contribution in [0.5, 0.6) is 11.5 Å². The van der Waals surface area contributed by atoms with E-state index in [4.69, 9.17) is 9.47 Å². The molecule has 1 aromatic carbocycles.